The van der Waals surface area contributed by atoms with Gasteiger partial charge in [0, 0.05) is 25.6 Å². The number of ether oxygens (including phenoxy) is 1. The van der Waals surface area contributed by atoms with Crippen molar-refractivity contribution in [3.63, 3.8) is 0 Å². The Labute approximate surface area is 143 Å². The lowest BCUT2D eigenvalue weighted by atomic mass is 9.98. The predicted molar refractivity (Wildman–Crippen MR) is 96.7 cm³/mol. The van der Waals surface area contributed by atoms with Gasteiger partial charge in [-0.05, 0) is 17.2 Å². The summed E-state index contributed by atoms with van der Waals surface area (Å²) in [6.07, 6.45) is 4.09. The van der Waals surface area contributed by atoms with Crippen LogP contribution < -0.4 is 0 Å². The van der Waals surface area contributed by atoms with Crippen molar-refractivity contribution in [3.8, 4) is 0 Å². The summed E-state index contributed by atoms with van der Waals surface area (Å²) in [6, 6.07) is 20.3. The number of hydrogen-bond donors (Lipinski definition) is 0. The summed E-state index contributed by atoms with van der Waals surface area (Å²) >= 11 is 0. The molecular weight excluding hydrogens is 298 g/mol. The fourth-order valence-corrected chi connectivity index (χ4v) is 3.03. The molecule has 1 aliphatic heterocycles. The quantitative estimate of drug-likeness (QED) is 0.759. The number of morpholine rings is 1. The zero-order valence-corrected chi connectivity index (χ0v) is 13.8. The van der Waals surface area contributed by atoms with Gasteiger partial charge in [0.25, 0.3) is 0 Å². The maximum absolute atomic E-state index is 12.5. The average molecular weight is 321 g/mol. The molecule has 0 radical (unpaired) electrons. The molecule has 3 nitrogen and oxygen atoms in total. The Bertz CT molecular complexity index is 661. The van der Waals surface area contributed by atoms with Gasteiger partial charge < -0.3 is 4.74 Å². The second-order valence-corrected chi connectivity index (χ2v) is 5.99. The van der Waals surface area contributed by atoms with E-state index in [9.17, 15) is 4.79 Å². The average Bonchev–Trinajstić information content (AvgIpc) is 2.67. The molecule has 2 aromatic carbocycles. The minimum absolute atomic E-state index is 0.114. The highest BCUT2D eigenvalue weighted by Crippen LogP contribution is 2.25. The van der Waals surface area contributed by atoms with Crippen LogP contribution in [0.5, 0.6) is 0 Å². The van der Waals surface area contributed by atoms with Gasteiger partial charge in [0.05, 0.1) is 13.2 Å². The number of nitrogens with zero attached hydrogens (tertiary/aromatic N) is 1. The lowest BCUT2D eigenvalue weighted by Crippen LogP contribution is -2.39. The molecule has 3 heteroatoms. The first-order chi connectivity index (χ1) is 11.8. The van der Waals surface area contributed by atoms with E-state index in [0.29, 0.717) is 6.42 Å². The molecule has 0 bridgehead atoms. The van der Waals surface area contributed by atoms with Crippen LogP contribution in [0.15, 0.2) is 66.7 Å². The molecular formula is C21H23NO2. The number of hydrogen-bond acceptors (Lipinski definition) is 3. The van der Waals surface area contributed by atoms with Crippen molar-refractivity contribution in [1.29, 1.82) is 0 Å². The van der Waals surface area contributed by atoms with Gasteiger partial charge in [0.1, 0.15) is 0 Å². The van der Waals surface area contributed by atoms with Crippen LogP contribution in [-0.4, -0.2) is 37.0 Å². The van der Waals surface area contributed by atoms with Gasteiger partial charge in [-0.1, -0.05) is 66.7 Å². The van der Waals surface area contributed by atoms with Crippen LogP contribution in [0.25, 0.3) is 6.08 Å². The van der Waals surface area contributed by atoms with Crippen LogP contribution in [0.3, 0.4) is 0 Å². The minimum atomic E-state index is 0.114. The van der Waals surface area contributed by atoms with Crippen LogP contribution >= 0.6 is 0 Å². The van der Waals surface area contributed by atoms with E-state index in [0.717, 1.165) is 31.9 Å². The Morgan fingerprint density at radius 2 is 1.62 bits per heavy atom. The van der Waals surface area contributed by atoms with Crippen LogP contribution in [0.4, 0.5) is 0 Å². The molecule has 1 fully saturated rings. The molecule has 0 spiro atoms. The molecule has 0 aliphatic carbocycles. The summed E-state index contributed by atoms with van der Waals surface area (Å²) in [5.74, 6) is 0.152. The lowest BCUT2D eigenvalue weighted by molar-refractivity contribution is -0.116. The van der Waals surface area contributed by atoms with Crippen LogP contribution in [-0.2, 0) is 9.53 Å². The first-order valence-corrected chi connectivity index (χ1v) is 8.45. The summed E-state index contributed by atoms with van der Waals surface area (Å²) < 4.78 is 5.46. The van der Waals surface area contributed by atoms with Gasteiger partial charge in [0.15, 0.2) is 5.78 Å². The zero-order valence-electron chi connectivity index (χ0n) is 13.8. The minimum Gasteiger partial charge on any atom is -0.379 e. The van der Waals surface area contributed by atoms with E-state index in [1.807, 2.05) is 54.6 Å². The highest BCUT2D eigenvalue weighted by molar-refractivity contribution is 5.94. The van der Waals surface area contributed by atoms with Crippen LogP contribution in [0, 0.1) is 0 Å². The monoisotopic (exact) mass is 321 g/mol. The highest BCUT2D eigenvalue weighted by Gasteiger charge is 2.24. The number of carbonyl (C=O) groups is 1. The maximum Gasteiger partial charge on any atom is 0.157 e. The first-order valence-electron chi connectivity index (χ1n) is 8.45. The van der Waals surface area contributed by atoms with Crippen molar-refractivity contribution in [2.45, 2.75) is 12.5 Å². The number of carbonyl (C=O) groups excluding carboxylic acids is 1. The van der Waals surface area contributed by atoms with E-state index in [-0.39, 0.29) is 11.8 Å². The Morgan fingerprint density at radius 3 is 2.29 bits per heavy atom. The predicted octanol–water partition coefficient (Wildman–Crippen LogP) is 3.73. The van der Waals surface area contributed by atoms with E-state index >= 15 is 0 Å². The van der Waals surface area contributed by atoms with Gasteiger partial charge in [-0.2, -0.15) is 0 Å². The van der Waals surface area contributed by atoms with Crippen molar-refractivity contribution in [1.82, 2.24) is 4.90 Å². The zero-order chi connectivity index (χ0) is 16.6. The molecule has 0 aromatic heterocycles. The SMILES string of the molecule is O=C(/C=C\c1ccccc1)C[C@H](c1ccccc1)N1CCOCC1. The smallest absolute Gasteiger partial charge is 0.157 e. The third kappa shape index (κ3) is 4.63. The normalized spacial score (nSPS) is 17.0. The largest absolute Gasteiger partial charge is 0.379 e. The lowest BCUT2D eigenvalue weighted by Gasteiger charge is -2.34. The summed E-state index contributed by atoms with van der Waals surface area (Å²) in [6.45, 7) is 3.21. The van der Waals surface area contributed by atoms with Gasteiger partial charge in [-0.3, -0.25) is 9.69 Å². The van der Waals surface area contributed by atoms with Crippen LogP contribution in [0.2, 0.25) is 0 Å². The fourth-order valence-electron chi connectivity index (χ4n) is 3.03. The van der Waals surface area contributed by atoms with Crippen molar-refractivity contribution >= 4 is 11.9 Å². The van der Waals surface area contributed by atoms with E-state index < -0.39 is 0 Å². The molecule has 0 amide bonds. The van der Waals surface area contributed by atoms with Gasteiger partial charge in [0.2, 0.25) is 0 Å². The molecule has 1 atom stereocenters. The topological polar surface area (TPSA) is 29.5 Å². The summed E-state index contributed by atoms with van der Waals surface area (Å²) in [4.78, 5) is 14.9. The van der Waals surface area contributed by atoms with E-state index in [1.165, 1.54) is 5.56 Å². The van der Waals surface area contributed by atoms with Crippen molar-refractivity contribution in [2.24, 2.45) is 0 Å². The molecule has 24 heavy (non-hydrogen) atoms. The third-order valence-corrected chi connectivity index (χ3v) is 4.33. The number of rotatable bonds is 6. The van der Waals surface area contributed by atoms with E-state index in [1.54, 1.807) is 6.08 Å². The third-order valence-electron chi connectivity index (χ3n) is 4.33. The molecule has 0 unspecified atom stereocenters. The standard InChI is InChI=1S/C21H23NO2/c23-20(12-11-18-7-3-1-4-8-18)17-21(19-9-5-2-6-10-19)22-13-15-24-16-14-22/h1-12,21H,13-17H2/b12-11-/t21-/m1/s1. The Morgan fingerprint density at radius 1 is 1.00 bits per heavy atom. The van der Waals surface area contributed by atoms with Gasteiger partial charge in [-0.25, -0.2) is 0 Å². The maximum atomic E-state index is 12.5. The Kier molecular flexibility index (Phi) is 5.94. The highest BCUT2D eigenvalue weighted by atomic mass is 16.5. The van der Waals surface area contributed by atoms with Crippen molar-refractivity contribution in [3.05, 3.63) is 77.9 Å². The van der Waals surface area contributed by atoms with E-state index in [2.05, 4.69) is 17.0 Å². The second-order valence-electron chi connectivity index (χ2n) is 5.99. The van der Waals surface area contributed by atoms with Crippen molar-refractivity contribution in [2.75, 3.05) is 26.3 Å². The summed E-state index contributed by atoms with van der Waals surface area (Å²) in [5, 5.41) is 0. The van der Waals surface area contributed by atoms with E-state index in [4.69, 9.17) is 4.74 Å². The Hall–Kier alpha value is -2.23. The second kappa shape index (κ2) is 8.57. The molecule has 1 aliphatic rings. The van der Waals surface area contributed by atoms with Crippen molar-refractivity contribution < 1.29 is 9.53 Å². The molecule has 124 valence electrons. The molecule has 3 rings (SSSR count). The summed E-state index contributed by atoms with van der Waals surface area (Å²) in [5.41, 5.74) is 2.24. The molecule has 1 heterocycles. The summed E-state index contributed by atoms with van der Waals surface area (Å²) in [7, 11) is 0. The molecule has 1 saturated heterocycles. The van der Waals surface area contributed by atoms with Gasteiger partial charge in [-0.15, -0.1) is 0 Å². The molecule has 0 saturated carbocycles. The molecule has 0 N–H and O–H groups in total. The van der Waals surface area contributed by atoms with Gasteiger partial charge >= 0.3 is 0 Å². The first kappa shape index (κ1) is 16.6. The number of allylic oxidation sites excluding steroid dienone is 1. The Balaban J connectivity index is 1.71. The van der Waals surface area contributed by atoms with Crippen LogP contribution in [0.1, 0.15) is 23.6 Å². The number of ketones is 1. The fraction of sp³-hybridized carbons (Fsp3) is 0.286. The number of benzene rings is 2. The molecule has 2 aromatic rings.